The van der Waals surface area contributed by atoms with E-state index in [2.05, 4.69) is 48.2 Å². The van der Waals surface area contributed by atoms with Crippen LogP contribution in [0.4, 0.5) is 0 Å². The van der Waals surface area contributed by atoms with Crippen LogP contribution in [0, 0.1) is 0 Å². The van der Waals surface area contributed by atoms with Crippen LogP contribution < -0.4 is 5.32 Å². The fourth-order valence-corrected chi connectivity index (χ4v) is 2.41. The molecule has 1 aliphatic rings. The molecule has 1 unspecified atom stereocenters. The molecule has 5 nitrogen and oxygen atoms in total. The Hall–Kier alpha value is -0.650. The predicted molar refractivity (Wildman–Crippen MR) is 82.2 cm³/mol. The average Bonchev–Trinajstić information content (AvgIpc) is 2.63. The summed E-state index contributed by atoms with van der Waals surface area (Å²) in [5.74, 6) is 1.52. The molecule has 0 amide bonds. The Balaban J connectivity index is 0.00000200. The van der Waals surface area contributed by atoms with Gasteiger partial charge in [0.25, 0.3) is 0 Å². The van der Waals surface area contributed by atoms with Gasteiger partial charge in [0.2, 0.25) is 5.89 Å². The first-order valence-electron chi connectivity index (χ1n) is 7.21. The van der Waals surface area contributed by atoms with Gasteiger partial charge in [-0.05, 0) is 39.4 Å². The molecule has 2 rings (SSSR count). The van der Waals surface area contributed by atoms with E-state index < -0.39 is 0 Å². The number of nitrogens with one attached hydrogen (secondary N) is 1. The van der Waals surface area contributed by atoms with E-state index in [0.29, 0.717) is 6.04 Å². The summed E-state index contributed by atoms with van der Waals surface area (Å²) in [6.07, 6.45) is 3.67. The number of aromatic nitrogens is 2. The smallest absolute Gasteiger partial charge is 0.240 e. The van der Waals surface area contributed by atoms with Crippen LogP contribution in [0.15, 0.2) is 4.52 Å². The number of halogens is 1. The summed E-state index contributed by atoms with van der Waals surface area (Å²) in [5, 5.41) is 7.52. The van der Waals surface area contributed by atoms with Crippen molar-refractivity contribution < 1.29 is 4.52 Å². The fraction of sp³-hybridized carbons (Fsp3) is 0.857. The molecule has 1 N–H and O–H groups in total. The van der Waals surface area contributed by atoms with Gasteiger partial charge in [0, 0.05) is 11.5 Å². The van der Waals surface area contributed by atoms with Gasteiger partial charge < -0.3 is 9.84 Å². The largest absolute Gasteiger partial charge is 0.338 e. The van der Waals surface area contributed by atoms with Crippen LogP contribution in [0.1, 0.15) is 51.7 Å². The Morgan fingerprint density at radius 3 is 2.70 bits per heavy atom. The lowest BCUT2D eigenvalue weighted by molar-refractivity contribution is 0.189. The maximum Gasteiger partial charge on any atom is 0.240 e. The molecule has 1 aromatic heterocycles. The van der Waals surface area contributed by atoms with Gasteiger partial charge >= 0.3 is 0 Å². The van der Waals surface area contributed by atoms with Crippen LogP contribution in [-0.4, -0.2) is 41.2 Å². The zero-order valence-corrected chi connectivity index (χ0v) is 13.8. The maximum atomic E-state index is 5.37. The second kappa shape index (κ2) is 7.38. The minimum atomic E-state index is -0.0490. The zero-order chi connectivity index (χ0) is 13.9. The number of hydrogen-bond acceptors (Lipinski definition) is 5. The van der Waals surface area contributed by atoms with Crippen LogP contribution in [-0.2, 0) is 12.0 Å². The Kier molecular flexibility index (Phi) is 6.43. The van der Waals surface area contributed by atoms with Crippen LogP contribution in [0.3, 0.4) is 0 Å². The normalized spacial score (nSPS) is 20.6. The Labute approximate surface area is 127 Å². The highest BCUT2D eigenvalue weighted by Gasteiger charge is 2.23. The highest BCUT2D eigenvalue weighted by Crippen LogP contribution is 2.20. The van der Waals surface area contributed by atoms with Crippen molar-refractivity contribution >= 4 is 12.4 Å². The third kappa shape index (κ3) is 4.72. The number of nitrogens with zero attached hydrogens (tertiary/aromatic N) is 3. The quantitative estimate of drug-likeness (QED) is 0.929. The standard InChI is InChI=1S/C14H26N4O.ClH/c1-14(2,3)13-16-12(19-17-13)10-18(4)11-6-5-8-15-9-7-11;/h11,15H,5-10H2,1-4H3;1H. The lowest BCUT2D eigenvalue weighted by Crippen LogP contribution is -2.32. The summed E-state index contributed by atoms with van der Waals surface area (Å²) in [7, 11) is 2.15. The third-order valence-corrected chi connectivity index (χ3v) is 3.69. The van der Waals surface area contributed by atoms with Gasteiger partial charge in [0.1, 0.15) is 0 Å². The first-order chi connectivity index (χ1) is 8.97. The summed E-state index contributed by atoms with van der Waals surface area (Å²) in [6, 6.07) is 0.611. The molecule has 20 heavy (non-hydrogen) atoms. The zero-order valence-electron chi connectivity index (χ0n) is 13.0. The van der Waals surface area contributed by atoms with Gasteiger partial charge in [0.05, 0.1) is 6.54 Å². The summed E-state index contributed by atoms with van der Waals surface area (Å²) >= 11 is 0. The van der Waals surface area contributed by atoms with Crippen molar-refractivity contribution in [2.45, 2.75) is 58.0 Å². The summed E-state index contributed by atoms with van der Waals surface area (Å²) < 4.78 is 5.37. The van der Waals surface area contributed by atoms with Crippen LogP contribution in [0.25, 0.3) is 0 Å². The molecule has 0 bridgehead atoms. The van der Waals surface area contributed by atoms with E-state index in [-0.39, 0.29) is 17.8 Å². The molecule has 2 heterocycles. The fourth-order valence-electron chi connectivity index (χ4n) is 2.41. The van der Waals surface area contributed by atoms with E-state index in [1.807, 2.05) is 0 Å². The minimum Gasteiger partial charge on any atom is -0.338 e. The Morgan fingerprint density at radius 2 is 2.05 bits per heavy atom. The van der Waals surface area contributed by atoms with E-state index in [1.165, 1.54) is 19.3 Å². The average molecular weight is 303 g/mol. The predicted octanol–water partition coefficient (Wildman–Crippen LogP) is 2.36. The van der Waals surface area contributed by atoms with E-state index in [9.17, 15) is 0 Å². The van der Waals surface area contributed by atoms with Crippen LogP contribution in [0.2, 0.25) is 0 Å². The number of rotatable bonds is 3. The van der Waals surface area contributed by atoms with Gasteiger partial charge in [0.15, 0.2) is 5.82 Å². The van der Waals surface area contributed by atoms with Gasteiger partial charge in [-0.3, -0.25) is 4.90 Å². The summed E-state index contributed by atoms with van der Waals surface area (Å²) in [5.41, 5.74) is -0.0490. The van der Waals surface area contributed by atoms with Gasteiger partial charge in [-0.15, -0.1) is 12.4 Å². The van der Waals surface area contributed by atoms with Crippen molar-refractivity contribution in [3.8, 4) is 0 Å². The first kappa shape index (κ1) is 17.4. The molecule has 0 aliphatic carbocycles. The molecular weight excluding hydrogens is 276 g/mol. The van der Waals surface area contributed by atoms with E-state index >= 15 is 0 Å². The van der Waals surface area contributed by atoms with Crippen LogP contribution >= 0.6 is 12.4 Å². The minimum absolute atomic E-state index is 0. The van der Waals surface area contributed by atoms with Crippen molar-refractivity contribution in [2.75, 3.05) is 20.1 Å². The van der Waals surface area contributed by atoms with Gasteiger partial charge in [-0.2, -0.15) is 4.98 Å². The van der Waals surface area contributed by atoms with E-state index in [1.54, 1.807) is 0 Å². The molecule has 116 valence electrons. The highest BCUT2D eigenvalue weighted by molar-refractivity contribution is 5.85. The topological polar surface area (TPSA) is 54.2 Å². The van der Waals surface area contributed by atoms with Gasteiger partial charge in [-0.1, -0.05) is 25.9 Å². The molecule has 1 fully saturated rings. The van der Waals surface area contributed by atoms with Crippen molar-refractivity contribution in [1.29, 1.82) is 0 Å². The van der Waals surface area contributed by atoms with E-state index in [4.69, 9.17) is 4.52 Å². The first-order valence-corrected chi connectivity index (χ1v) is 7.21. The molecule has 1 saturated heterocycles. The SMILES string of the molecule is CN(Cc1nc(C(C)(C)C)no1)C1CCCNCC1.Cl. The Bertz CT molecular complexity index is 394. The van der Waals surface area contributed by atoms with Crippen molar-refractivity contribution in [3.63, 3.8) is 0 Å². The summed E-state index contributed by atoms with van der Waals surface area (Å²) in [6.45, 7) is 9.28. The number of hydrogen-bond donors (Lipinski definition) is 1. The molecule has 1 atom stereocenters. The monoisotopic (exact) mass is 302 g/mol. The molecular formula is C14H27ClN4O. The van der Waals surface area contributed by atoms with Gasteiger partial charge in [-0.25, -0.2) is 0 Å². The Morgan fingerprint density at radius 1 is 1.30 bits per heavy atom. The molecule has 1 aliphatic heterocycles. The second-order valence-corrected chi connectivity index (χ2v) is 6.51. The molecule has 0 aromatic carbocycles. The highest BCUT2D eigenvalue weighted by atomic mass is 35.5. The molecule has 1 aromatic rings. The molecule has 6 heteroatoms. The van der Waals surface area contributed by atoms with Crippen molar-refractivity contribution in [2.24, 2.45) is 0 Å². The molecule has 0 saturated carbocycles. The maximum absolute atomic E-state index is 5.37. The van der Waals surface area contributed by atoms with Crippen molar-refractivity contribution in [3.05, 3.63) is 11.7 Å². The van der Waals surface area contributed by atoms with E-state index in [0.717, 1.165) is 31.3 Å². The molecule has 0 spiro atoms. The third-order valence-electron chi connectivity index (χ3n) is 3.69. The van der Waals surface area contributed by atoms with Crippen LogP contribution in [0.5, 0.6) is 0 Å². The van der Waals surface area contributed by atoms with Crippen molar-refractivity contribution in [1.82, 2.24) is 20.4 Å². The lowest BCUT2D eigenvalue weighted by atomic mass is 9.96. The molecule has 0 radical (unpaired) electrons. The lowest BCUT2D eigenvalue weighted by Gasteiger charge is -2.25. The second-order valence-electron chi connectivity index (χ2n) is 6.51. The summed E-state index contributed by atoms with van der Waals surface area (Å²) in [4.78, 5) is 6.84.